The van der Waals surface area contributed by atoms with E-state index >= 15 is 0 Å². The molecule has 0 radical (unpaired) electrons. The molecule has 0 aliphatic carbocycles. The van der Waals surface area contributed by atoms with E-state index in [-0.39, 0.29) is 5.69 Å². The first-order valence-electron chi connectivity index (χ1n) is 4.74. The summed E-state index contributed by atoms with van der Waals surface area (Å²) in [5, 5.41) is 3.35. The van der Waals surface area contributed by atoms with Gasteiger partial charge in [0.1, 0.15) is 11.6 Å². The van der Waals surface area contributed by atoms with E-state index in [2.05, 4.69) is 10.0 Å². The van der Waals surface area contributed by atoms with Crippen LogP contribution in [0.4, 0.5) is 10.1 Å². The van der Waals surface area contributed by atoms with Gasteiger partial charge in [0.25, 0.3) is 0 Å². The van der Waals surface area contributed by atoms with Crippen molar-refractivity contribution in [3.63, 3.8) is 0 Å². The lowest BCUT2D eigenvalue weighted by molar-refractivity contribution is 0.172. The predicted molar refractivity (Wildman–Crippen MR) is 57.2 cm³/mol. The number of rotatable bonds is 6. The van der Waals surface area contributed by atoms with Crippen molar-refractivity contribution in [1.29, 1.82) is 0 Å². The molecule has 0 amide bonds. The molecule has 0 spiro atoms. The van der Waals surface area contributed by atoms with Crippen molar-refractivity contribution in [2.45, 2.75) is 6.42 Å². The van der Waals surface area contributed by atoms with Crippen molar-refractivity contribution < 1.29 is 13.9 Å². The topological polar surface area (TPSA) is 67.2 Å². The van der Waals surface area contributed by atoms with Crippen LogP contribution in [0, 0.1) is 5.82 Å². The smallest absolute Gasteiger partial charge is 0.129 e. The van der Waals surface area contributed by atoms with Crippen LogP contribution in [-0.4, -0.2) is 20.3 Å². The number of hydrogen-bond donors (Lipinski definition) is 0. The van der Waals surface area contributed by atoms with Gasteiger partial charge in [-0.2, -0.15) is 0 Å². The Morgan fingerprint density at radius 3 is 2.94 bits per heavy atom. The Bertz CT molecular complexity index is 392. The molecule has 0 atom stereocenters. The van der Waals surface area contributed by atoms with Crippen molar-refractivity contribution in [1.82, 2.24) is 0 Å². The van der Waals surface area contributed by atoms with E-state index in [1.54, 1.807) is 7.11 Å². The second kappa shape index (κ2) is 6.66. The molecule has 86 valence electrons. The van der Waals surface area contributed by atoms with Crippen molar-refractivity contribution in [3.05, 3.63) is 34.5 Å². The first-order valence-corrected chi connectivity index (χ1v) is 4.74. The van der Waals surface area contributed by atoms with Gasteiger partial charge in [-0.3, -0.25) is 0 Å². The maximum absolute atomic E-state index is 12.9. The summed E-state index contributed by atoms with van der Waals surface area (Å²) in [6.07, 6.45) is 0.712. The van der Waals surface area contributed by atoms with Gasteiger partial charge in [-0.15, -0.1) is 0 Å². The van der Waals surface area contributed by atoms with Crippen molar-refractivity contribution >= 4 is 5.69 Å². The second-order valence-corrected chi connectivity index (χ2v) is 3.00. The third-order valence-corrected chi connectivity index (χ3v) is 1.82. The lowest BCUT2D eigenvalue weighted by Crippen LogP contribution is -2.01. The van der Waals surface area contributed by atoms with Gasteiger partial charge in [-0.1, -0.05) is 5.11 Å². The van der Waals surface area contributed by atoms with Gasteiger partial charge in [0.05, 0.1) is 12.3 Å². The van der Waals surface area contributed by atoms with E-state index < -0.39 is 5.82 Å². The molecule has 6 heteroatoms. The highest BCUT2D eigenvalue weighted by atomic mass is 19.1. The molecular formula is C10H12FN3O2. The summed E-state index contributed by atoms with van der Waals surface area (Å²) in [5.74, 6) is -0.0954. The zero-order valence-electron chi connectivity index (χ0n) is 8.89. The van der Waals surface area contributed by atoms with Crippen LogP contribution in [0.2, 0.25) is 0 Å². The fourth-order valence-electron chi connectivity index (χ4n) is 1.12. The molecule has 0 saturated heterocycles. The molecule has 0 unspecified atom stereocenters. The first-order chi connectivity index (χ1) is 7.77. The zero-order valence-corrected chi connectivity index (χ0v) is 8.89. The lowest BCUT2D eigenvalue weighted by atomic mass is 10.3. The zero-order chi connectivity index (χ0) is 11.8. The summed E-state index contributed by atoms with van der Waals surface area (Å²) < 4.78 is 23.0. The SMILES string of the molecule is COCCCOc1ccc(F)cc1N=[N+]=[N-]. The van der Waals surface area contributed by atoms with Gasteiger partial charge in [-0.25, -0.2) is 4.39 Å². The molecule has 1 aromatic carbocycles. The van der Waals surface area contributed by atoms with Gasteiger partial charge in [-0.05, 0) is 23.7 Å². The molecular weight excluding hydrogens is 213 g/mol. The highest BCUT2D eigenvalue weighted by molar-refractivity contribution is 5.51. The van der Waals surface area contributed by atoms with Crippen LogP contribution < -0.4 is 4.74 Å². The van der Waals surface area contributed by atoms with E-state index in [4.69, 9.17) is 15.0 Å². The molecule has 0 fully saturated rings. The maximum Gasteiger partial charge on any atom is 0.129 e. The number of ether oxygens (including phenoxy) is 2. The quantitative estimate of drug-likeness (QED) is 0.323. The Labute approximate surface area is 92.4 Å². The molecule has 0 heterocycles. The Morgan fingerprint density at radius 2 is 2.25 bits per heavy atom. The maximum atomic E-state index is 12.9. The van der Waals surface area contributed by atoms with Crippen molar-refractivity contribution in [2.75, 3.05) is 20.3 Å². The van der Waals surface area contributed by atoms with Gasteiger partial charge >= 0.3 is 0 Å². The number of halogens is 1. The highest BCUT2D eigenvalue weighted by Gasteiger charge is 2.03. The van der Waals surface area contributed by atoms with Crippen LogP contribution in [0.25, 0.3) is 10.4 Å². The summed E-state index contributed by atoms with van der Waals surface area (Å²) in [5.41, 5.74) is 8.46. The Morgan fingerprint density at radius 1 is 1.44 bits per heavy atom. The van der Waals surface area contributed by atoms with Gasteiger partial charge in [0.2, 0.25) is 0 Å². The Balaban J connectivity index is 2.67. The van der Waals surface area contributed by atoms with Crippen molar-refractivity contribution in [3.8, 4) is 5.75 Å². The van der Waals surface area contributed by atoms with Crippen LogP contribution in [0.3, 0.4) is 0 Å². The van der Waals surface area contributed by atoms with E-state index in [0.29, 0.717) is 25.4 Å². The fourth-order valence-corrected chi connectivity index (χ4v) is 1.12. The first kappa shape index (κ1) is 12.3. The van der Waals surface area contributed by atoms with Crippen molar-refractivity contribution in [2.24, 2.45) is 5.11 Å². The third-order valence-electron chi connectivity index (χ3n) is 1.82. The molecule has 0 saturated carbocycles. The molecule has 0 aromatic heterocycles. The molecule has 16 heavy (non-hydrogen) atoms. The Hall–Kier alpha value is -1.78. The van der Waals surface area contributed by atoms with E-state index in [1.165, 1.54) is 12.1 Å². The van der Waals surface area contributed by atoms with Crippen LogP contribution >= 0.6 is 0 Å². The average Bonchev–Trinajstić information content (AvgIpc) is 2.27. The minimum Gasteiger partial charge on any atom is -0.493 e. The molecule has 0 N–H and O–H groups in total. The van der Waals surface area contributed by atoms with Crippen LogP contribution in [-0.2, 0) is 4.74 Å². The molecule has 0 aliphatic rings. The summed E-state index contributed by atoms with van der Waals surface area (Å²) in [6, 6.07) is 3.82. The summed E-state index contributed by atoms with van der Waals surface area (Å²) >= 11 is 0. The molecule has 0 aliphatic heterocycles. The van der Waals surface area contributed by atoms with Crippen LogP contribution in [0.15, 0.2) is 23.3 Å². The van der Waals surface area contributed by atoms with E-state index in [1.807, 2.05) is 0 Å². The number of nitrogens with zero attached hydrogens (tertiary/aromatic N) is 3. The van der Waals surface area contributed by atoms with E-state index in [0.717, 1.165) is 6.07 Å². The molecule has 0 bridgehead atoms. The summed E-state index contributed by atoms with van der Waals surface area (Å²) in [6.45, 7) is 1.01. The van der Waals surface area contributed by atoms with Gasteiger partial charge in [0, 0.05) is 25.0 Å². The summed E-state index contributed by atoms with van der Waals surface area (Å²) in [4.78, 5) is 2.61. The Kier molecular flexibility index (Phi) is 5.11. The third kappa shape index (κ3) is 3.76. The standard InChI is InChI=1S/C10H12FN3O2/c1-15-5-2-6-16-10-4-3-8(11)7-9(10)13-14-12/h3-4,7H,2,5-6H2,1H3. The largest absolute Gasteiger partial charge is 0.493 e. The highest BCUT2D eigenvalue weighted by Crippen LogP contribution is 2.28. The average molecular weight is 225 g/mol. The van der Waals surface area contributed by atoms with E-state index in [9.17, 15) is 4.39 Å². The minimum atomic E-state index is -0.466. The molecule has 1 aromatic rings. The number of benzene rings is 1. The summed E-state index contributed by atoms with van der Waals surface area (Å²) in [7, 11) is 1.60. The van der Waals surface area contributed by atoms with Crippen LogP contribution in [0.5, 0.6) is 5.75 Å². The van der Waals surface area contributed by atoms with Crippen LogP contribution in [0.1, 0.15) is 6.42 Å². The fraction of sp³-hybridized carbons (Fsp3) is 0.400. The lowest BCUT2D eigenvalue weighted by Gasteiger charge is -2.08. The normalized spacial score (nSPS) is 9.62. The predicted octanol–water partition coefficient (Wildman–Crippen LogP) is 3.18. The van der Waals surface area contributed by atoms with Gasteiger partial charge < -0.3 is 9.47 Å². The second-order valence-electron chi connectivity index (χ2n) is 3.00. The number of hydrogen-bond acceptors (Lipinski definition) is 3. The van der Waals surface area contributed by atoms with Gasteiger partial charge in [0.15, 0.2) is 0 Å². The minimum absolute atomic E-state index is 0.153. The molecule has 1 rings (SSSR count). The monoisotopic (exact) mass is 225 g/mol. The number of methoxy groups -OCH3 is 1. The molecule has 5 nitrogen and oxygen atoms in total. The number of azide groups is 1.